The molecule has 3 N–H and O–H groups in total. The third-order valence-corrected chi connectivity index (χ3v) is 3.19. The Bertz CT molecular complexity index is 748. The zero-order chi connectivity index (χ0) is 17.4. The van der Waals surface area contributed by atoms with E-state index in [1.807, 2.05) is 6.07 Å². The van der Waals surface area contributed by atoms with E-state index in [1.54, 1.807) is 48.5 Å². The molecule has 0 aromatic heterocycles. The molecule has 0 bridgehead atoms. The zero-order valence-electron chi connectivity index (χ0n) is 12.6. The van der Waals surface area contributed by atoms with Gasteiger partial charge in [-0.15, -0.1) is 0 Å². The number of rotatable bonds is 6. The number of urea groups is 1. The molecule has 0 saturated carbocycles. The van der Waals surface area contributed by atoms with E-state index in [4.69, 9.17) is 11.6 Å². The number of carboxylic acid groups (broad SMARTS) is 1. The highest BCUT2D eigenvalue weighted by Gasteiger charge is 2.05. The Balaban J connectivity index is 2.00. The summed E-state index contributed by atoms with van der Waals surface area (Å²) < 4.78 is 0. The minimum Gasteiger partial charge on any atom is -0.550 e. The highest BCUT2D eigenvalue weighted by atomic mass is 35.5. The second-order valence-electron chi connectivity index (χ2n) is 4.77. The van der Waals surface area contributed by atoms with E-state index in [0.29, 0.717) is 16.4 Å². The number of hydrazine groups is 1. The van der Waals surface area contributed by atoms with E-state index < -0.39 is 12.0 Å². The number of hydrogen-bond acceptors (Lipinski definition) is 4. The Morgan fingerprint density at radius 1 is 1.04 bits per heavy atom. The average molecular weight is 345 g/mol. The van der Waals surface area contributed by atoms with Gasteiger partial charge in [-0.25, -0.2) is 4.79 Å². The van der Waals surface area contributed by atoms with Gasteiger partial charge in [0.2, 0.25) is 0 Å². The van der Waals surface area contributed by atoms with Gasteiger partial charge in [-0.3, -0.25) is 10.9 Å². The number of hydrogen-bond donors (Lipinski definition) is 3. The lowest BCUT2D eigenvalue weighted by Crippen LogP contribution is -2.39. The van der Waals surface area contributed by atoms with Crippen LogP contribution in [0.15, 0.2) is 60.7 Å². The Kier molecular flexibility index (Phi) is 6.22. The fourth-order valence-corrected chi connectivity index (χ4v) is 2.09. The van der Waals surface area contributed by atoms with Crippen molar-refractivity contribution in [2.45, 2.75) is 6.42 Å². The number of amides is 2. The molecule has 6 nitrogen and oxygen atoms in total. The predicted octanol–water partition coefficient (Wildman–Crippen LogP) is 2.15. The highest BCUT2D eigenvalue weighted by molar-refractivity contribution is 6.30. The first-order valence-corrected chi connectivity index (χ1v) is 7.46. The number of carboxylic acids is 1. The van der Waals surface area contributed by atoms with E-state index in [9.17, 15) is 14.7 Å². The lowest BCUT2D eigenvalue weighted by Gasteiger charge is -2.14. The van der Waals surface area contributed by atoms with Crippen LogP contribution in [0.4, 0.5) is 10.5 Å². The van der Waals surface area contributed by atoms with Gasteiger partial charge in [0.15, 0.2) is 0 Å². The predicted molar refractivity (Wildman–Crippen MR) is 90.8 cm³/mol. The quantitative estimate of drug-likeness (QED) is 0.700. The number of carbonyl (C=O) groups is 2. The number of halogens is 1. The van der Waals surface area contributed by atoms with Crippen molar-refractivity contribution < 1.29 is 14.7 Å². The van der Waals surface area contributed by atoms with Gasteiger partial charge >= 0.3 is 6.03 Å². The normalized spacial score (nSPS) is 10.8. The molecular weight excluding hydrogens is 330 g/mol. The van der Waals surface area contributed by atoms with Crippen molar-refractivity contribution in [1.29, 1.82) is 0 Å². The standard InChI is InChI=1S/C17H16ClN3O3/c18-13-7-4-8-14(11-13)19-17(24)21-20-15(9-10-16(22)23)12-5-2-1-3-6-12/h1-9,11,20H,10H2,(H,22,23)(H2,19,21,24)/p-1. The molecule has 0 heterocycles. The zero-order valence-corrected chi connectivity index (χ0v) is 13.3. The van der Waals surface area contributed by atoms with Crippen LogP contribution in [0.1, 0.15) is 12.0 Å². The van der Waals surface area contributed by atoms with Gasteiger partial charge in [0.05, 0.1) is 5.70 Å². The molecule has 0 fully saturated rings. The lowest BCUT2D eigenvalue weighted by atomic mass is 10.1. The number of carbonyl (C=O) groups excluding carboxylic acids is 2. The van der Waals surface area contributed by atoms with Crippen LogP contribution in [-0.2, 0) is 4.79 Å². The van der Waals surface area contributed by atoms with Gasteiger partial charge in [0, 0.05) is 23.1 Å². The molecule has 0 aliphatic heterocycles. The minimum atomic E-state index is -1.21. The van der Waals surface area contributed by atoms with E-state index in [0.717, 1.165) is 5.56 Å². The first kappa shape index (κ1) is 17.4. The van der Waals surface area contributed by atoms with Gasteiger partial charge in [-0.2, -0.15) is 0 Å². The van der Waals surface area contributed by atoms with Crippen LogP contribution in [0, 0.1) is 0 Å². The van der Waals surface area contributed by atoms with Gasteiger partial charge in [0.1, 0.15) is 0 Å². The smallest absolute Gasteiger partial charge is 0.337 e. The topological polar surface area (TPSA) is 93.3 Å². The van der Waals surface area contributed by atoms with Gasteiger partial charge in [0.25, 0.3) is 0 Å². The Labute approximate surface area is 144 Å². The molecule has 0 saturated heterocycles. The lowest BCUT2D eigenvalue weighted by molar-refractivity contribution is -0.304. The number of benzene rings is 2. The first-order valence-electron chi connectivity index (χ1n) is 7.08. The molecule has 0 atom stereocenters. The van der Waals surface area contributed by atoms with E-state index in [1.165, 1.54) is 6.08 Å². The summed E-state index contributed by atoms with van der Waals surface area (Å²) in [5.41, 5.74) is 6.85. The molecule has 24 heavy (non-hydrogen) atoms. The maximum atomic E-state index is 11.9. The SMILES string of the molecule is O=C([O-])CC=C(NNC(=O)Nc1cccc(Cl)c1)c1ccccc1. The fourth-order valence-electron chi connectivity index (χ4n) is 1.90. The maximum Gasteiger partial charge on any atom is 0.337 e. The summed E-state index contributed by atoms with van der Waals surface area (Å²) >= 11 is 5.85. The molecular formula is C17H15ClN3O3-. The Morgan fingerprint density at radius 2 is 1.79 bits per heavy atom. The number of anilines is 1. The monoisotopic (exact) mass is 344 g/mol. The molecule has 2 aromatic carbocycles. The summed E-state index contributed by atoms with van der Waals surface area (Å²) in [5.74, 6) is -1.21. The summed E-state index contributed by atoms with van der Waals surface area (Å²) in [6.07, 6.45) is 1.14. The minimum absolute atomic E-state index is 0.283. The third kappa shape index (κ3) is 5.66. The maximum absolute atomic E-state index is 11.9. The summed E-state index contributed by atoms with van der Waals surface area (Å²) in [6, 6.07) is 15.2. The van der Waals surface area contributed by atoms with Crippen molar-refractivity contribution in [3.8, 4) is 0 Å². The molecule has 2 aromatic rings. The molecule has 2 rings (SSSR count). The van der Waals surface area contributed by atoms with E-state index in [-0.39, 0.29) is 6.42 Å². The molecule has 0 unspecified atom stereocenters. The van der Waals surface area contributed by atoms with Crippen molar-refractivity contribution in [2.24, 2.45) is 0 Å². The number of aliphatic carboxylic acids is 1. The second kappa shape index (κ2) is 8.59. The second-order valence-corrected chi connectivity index (χ2v) is 5.21. The third-order valence-electron chi connectivity index (χ3n) is 2.95. The summed E-state index contributed by atoms with van der Waals surface area (Å²) in [5, 5.41) is 13.8. The Hall–Kier alpha value is -2.99. The fraction of sp³-hybridized carbons (Fsp3) is 0.0588. The van der Waals surface area contributed by atoms with Crippen molar-refractivity contribution in [3.05, 3.63) is 71.3 Å². The van der Waals surface area contributed by atoms with Crippen LogP contribution in [0.3, 0.4) is 0 Å². The van der Waals surface area contributed by atoms with Crippen LogP contribution in [0.2, 0.25) is 5.02 Å². The Morgan fingerprint density at radius 3 is 2.46 bits per heavy atom. The van der Waals surface area contributed by atoms with Gasteiger partial charge in [-0.05, 0) is 23.8 Å². The molecule has 2 amide bonds. The average Bonchev–Trinajstić information content (AvgIpc) is 2.55. The van der Waals surface area contributed by atoms with Crippen molar-refractivity contribution in [3.63, 3.8) is 0 Å². The van der Waals surface area contributed by atoms with Gasteiger partial charge in [-0.1, -0.05) is 54.1 Å². The molecule has 7 heteroatoms. The van der Waals surface area contributed by atoms with Crippen LogP contribution in [-0.4, -0.2) is 12.0 Å². The van der Waals surface area contributed by atoms with Crippen molar-refractivity contribution in [2.75, 3.05) is 5.32 Å². The van der Waals surface area contributed by atoms with Crippen LogP contribution < -0.4 is 21.3 Å². The van der Waals surface area contributed by atoms with Crippen molar-refractivity contribution >= 4 is 35.0 Å². The number of nitrogens with one attached hydrogen (secondary N) is 3. The molecule has 0 aliphatic carbocycles. The van der Waals surface area contributed by atoms with Crippen LogP contribution in [0.5, 0.6) is 0 Å². The van der Waals surface area contributed by atoms with E-state index in [2.05, 4.69) is 16.2 Å². The summed E-state index contributed by atoms with van der Waals surface area (Å²) in [7, 11) is 0. The first-order chi connectivity index (χ1) is 11.5. The summed E-state index contributed by atoms with van der Waals surface area (Å²) in [4.78, 5) is 22.6. The van der Waals surface area contributed by atoms with Crippen molar-refractivity contribution in [1.82, 2.24) is 10.9 Å². The molecule has 124 valence electrons. The molecule has 0 spiro atoms. The summed E-state index contributed by atoms with van der Waals surface area (Å²) in [6.45, 7) is 0. The highest BCUT2D eigenvalue weighted by Crippen LogP contribution is 2.15. The van der Waals surface area contributed by atoms with E-state index >= 15 is 0 Å². The molecule has 0 aliphatic rings. The largest absolute Gasteiger partial charge is 0.550 e. The van der Waals surface area contributed by atoms with Crippen LogP contribution in [0.25, 0.3) is 5.70 Å². The molecule has 0 radical (unpaired) electrons. The van der Waals surface area contributed by atoms with Gasteiger partial charge < -0.3 is 15.2 Å². The van der Waals surface area contributed by atoms with Crippen LogP contribution >= 0.6 is 11.6 Å².